The van der Waals surface area contributed by atoms with Crippen LogP contribution in [0.2, 0.25) is 5.02 Å². The quantitative estimate of drug-likeness (QED) is 0.431. The first kappa shape index (κ1) is 23.4. The molecule has 1 atom stereocenters. The fraction of sp³-hybridized carbons (Fsp3) is 0.185. The molecule has 1 aliphatic heterocycles. The van der Waals surface area contributed by atoms with Crippen LogP contribution in [0.1, 0.15) is 29.2 Å². The van der Waals surface area contributed by atoms with Crippen LogP contribution in [0.4, 0.5) is 4.79 Å². The summed E-state index contributed by atoms with van der Waals surface area (Å²) >= 11 is 6.12. The first-order chi connectivity index (χ1) is 16.5. The zero-order chi connectivity index (χ0) is 23.9. The van der Waals surface area contributed by atoms with Crippen LogP contribution >= 0.6 is 11.6 Å². The Labute approximate surface area is 203 Å². The van der Waals surface area contributed by atoms with Crippen molar-refractivity contribution in [2.24, 2.45) is 0 Å². The number of carbonyl (C=O) groups is 2. The second-order valence-corrected chi connectivity index (χ2v) is 8.32. The number of aryl methyl sites for hydroxylation is 1. The predicted molar refractivity (Wildman–Crippen MR) is 130 cm³/mol. The molecule has 1 aliphatic rings. The van der Waals surface area contributed by atoms with Crippen molar-refractivity contribution in [3.63, 3.8) is 0 Å². The van der Waals surface area contributed by atoms with Gasteiger partial charge in [-0.3, -0.25) is 0 Å². The fourth-order valence-corrected chi connectivity index (χ4v) is 4.08. The monoisotopic (exact) mass is 476 g/mol. The van der Waals surface area contributed by atoms with E-state index in [2.05, 4.69) is 10.6 Å². The number of ether oxygens (including phenoxy) is 2. The number of allylic oxidation sites excluding steroid dienone is 1. The number of methoxy groups -OCH3 is 1. The lowest BCUT2D eigenvalue weighted by molar-refractivity contribution is -0.140. The van der Waals surface area contributed by atoms with E-state index in [1.54, 1.807) is 19.2 Å². The van der Waals surface area contributed by atoms with E-state index < -0.39 is 12.0 Å². The SMILES string of the molecule is COc1ccc(C2NC(=O)NC(CCc3cccc(Cl)c3)=C2C(=O)OCc2ccccc2)cc1. The lowest BCUT2D eigenvalue weighted by atomic mass is 9.93. The second kappa shape index (κ2) is 10.9. The van der Waals surface area contributed by atoms with Gasteiger partial charge in [0.25, 0.3) is 0 Å². The molecule has 174 valence electrons. The summed E-state index contributed by atoms with van der Waals surface area (Å²) in [5, 5.41) is 6.33. The maximum Gasteiger partial charge on any atom is 0.338 e. The van der Waals surface area contributed by atoms with Crippen molar-refractivity contribution in [2.75, 3.05) is 7.11 Å². The molecule has 7 heteroatoms. The number of amides is 2. The minimum absolute atomic E-state index is 0.133. The third-order valence-electron chi connectivity index (χ3n) is 5.59. The summed E-state index contributed by atoms with van der Waals surface area (Å²) in [4.78, 5) is 25.9. The van der Waals surface area contributed by atoms with Gasteiger partial charge in [-0.05, 0) is 53.8 Å². The Hall–Kier alpha value is -3.77. The molecule has 0 saturated heterocycles. The molecule has 0 spiro atoms. The number of nitrogens with one attached hydrogen (secondary N) is 2. The number of hydrogen-bond donors (Lipinski definition) is 2. The van der Waals surface area contributed by atoms with Crippen LogP contribution in [0.5, 0.6) is 5.75 Å². The number of rotatable bonds is 8. The van der Waals surface area contributed by atoms with Gasteiger partial charge in [0.05, 0.1) is 18.7 Å². The normalized spacial score (nSPS) is 15.4. The van der Waals surface area contributed by atoms with Crippen LogP contribution in [0.3, 0.4) is 0 Å². The number of hydrogen-bond acceptors (Lipinski definition) is 4. The number of benzene rings is 3. The first-order valence-corrected chi connectivity index (χ1v) is 11.3. The first-order valence-electron chi connectivity index (χ1n) is 10.9. The van der Waals surface area contributed by atoms with Gasteiger partial charge in [-0.15, -0.1) is 0 Å². The Balaban J connectivity index is 1.65. The molecule has 0 fully saturated rings. The predicted octanol–water partition coefficient (Wildman–Crippen LogP) is 5.33. The average molecular weight is 477 g/mol. The van der Waals surface area contributed by atoms with Crippen LogP contribution in [-0.4, -0.2) is 19.1 Å². The average Bonchev–Trinajstić information content (AvgIpc) is 2.86. The van der Waals surface area contributed by atoms with Crippen LogP contribution in [0, 0.1) is 0 Å². The Morgan fingerprint density at radius 1 is 0.941 bits per heavy atom. The van der Waals surface area contributed by atoms with Crippen molar-refractivity contribution in [3.8, 4) is 5.75 Å². The molecule has 0 aromatic heterocycles. The second-order valence-electron chi connectivity index (χ2n) is 7.89. The van der Waals surface area contributed by atoms with Crippen LogP contribution < -0.4 is 15.4 Å². The highest BCUT2D eigenvalue weighted by atomic mass is 35.5. The molecule has 3 aromatic carbocycles. The standard InChI is InChI=1S/C27H25ClN2O4/c1-33-22-13-11-20(12-14-22)25-24(26(31)34-17-19-6-3-2-4-7-19)23(29-27(32)30-25)15-10-18-8-5-9-21(28)16-18/h2-9,11-14,16,25H,10,15,17H2,1H3,(H2,29,30,32). The maximum absolute atomic E-state index is 13.3. The Morgan fingerprint density at radius 3 is 2.38 bits per heavy atom. The fourth-order valence-electron chi connectivity index (χ4n) is 3.87. The van der Waals surface area contributed by atoms with Gasteiger partial charge in [-0.2, -0.15) is 0 Å². The lowest BCUT2D eigenvalue weighted by Crippen LogP contribution is -2.46. The smallest absolute Gasteiger partial charge is 0.338 e. The molecule has 2 amide bonds. The molecule has 1 unspecified atom stereocenters. The molecule has 0 radical (unpaired) electrons. The highest BCUT2D eigenvalue weighted by molar-refractivity contribution is 6.30. The van der Waals surface area contributed by atoms with E-state index in [9.17, 15) is 9.59 Å². The summed E-state index contributed by atoms with van der Waals surface area (Å²) in [6.45, 7) is 0.133. The molecule has 0 bridgehead atoms. The van der Waals surface area contributed by atoms with Gasteiger partial charge < -0.3 is 20.1 Å². The molecule has 0 saturated carbocycles. The minimum Gasteiger partial charge on any atom is -0.497 e. The van der Waals surface area contributed by atoms with Crippen molar-refractivity contribution in [1.82, 2.24) is 10.6 Å². The molecule has 0 aliphatic carbocycles. The zero-order valence-corrected chi connectivity index (χ0v) is 19.5. The number of carbonyl (C=O) groups excluding carboxylic acids is 2. The van der Waals surface area contributed by atoms with Gasteiger partial charge in [-0.25, -0.2) is 9.59 Å². The maximum atomic E-state index is 13.3. The van der Waals surface area contributed by atoms with Crippen molar-refractivity contribution in [3.05, 3.63) is 112 Å². The van der Waals surface area contributed by atoms with Gasteiger partial charge in [0.2, 0.25) is 0 Å². The van der Waals surface area contributed by atoms with Crippen LogP contribution in [-0.2, 0) is 22.6 Å². The number of halogens is 1. The Kier molecular flexibility index (Phi) is 7.50. The third-order valence-corrected chi connectivity index (χ3v) is 5.82. The zero-order valence-electron chi connectivity index (χ0n) is 18.7. The summed E-state index contributed by atoms with van der Waals surface area (Å²) in [6.07, 6.45) is 1.04. The van der Waals surface area contributed by atoms with Gasteiger partial charge in [0.15, 0.2) is 0 Å². The lowest BCUT2D eigenvalue weighted by Gasteiger charge is -2.29. The van der Waals surface area contributed by atoms with Crippen LogP contribution in [0.25, 0.3) is 0 Å². The van der Waals surface area contributed by atoms with Gasteiger partial charge >= 0.3 is 12.0 Å². The van der Waals surface area contributed by atoms with E-state index >= 15 is 0 Å². The molecule has 4 rings (SSSR count). The highest BCUT2D eigenvalue weighted by Crippen LogP contribution is 2.31. The third kappa shape index (κ3) is 5.77. The van der Waals surface area contributed by atoms with Crippen molar-refractivity contribution in [1.29, 1.82) is 0 Å². The van der Waals surface area contributed by atoms with E-state index in [0.29, 0.717) is 34.9 Å². The van der Waals surface area contributed by atoms with Crippen LogP contribution in [0.15, 0.2) is 90.1 Å². The van der Waals surface area contributed by atoms with Crippen molar-refractivity contribution >= 4 is 23.6 Å². The topological polar surface area (TPSA) is 76.7 Å². The van der Waals surface area contributed by atoms with Gasteiger partial charge in [0, 0.05) is 10.7 Å². The molecule has 6 nitrogen and oxygen atoms in total. The molecule has 1 heterocycles. The van der Waals surface area contributed by atoms with Crippen molar-refractivity contribution in [2.45, 2.75) is 25.5 Å². The summed E-state index contributed by atoms with van der Waals surface area (Å²) in [5.41, 5.74) is 3.55. The molecule has 2 N–H and O–H groups in total. The highest BCUT2D eigenvalue weighted by Gasteiger charge is 2.33. The van der Waals surface area contributed by atoms with E-state index in [4.69, 9.17) is 21.1 Å². The molecule has 34 heavy (non-hydrogen) atoms. The summed E-state index contributed by atoms with van der Waals surface area (Å²) in [6, 6.07) is 23.2. The van der Waals surface area contributed by atoms with E-state index in [1.807, 2.05) is 66.7 Å². The minimum atomic E-state index is -0.655. The summed E-state index contributed by atoms with van der Waals surface area (Å²) in [5.74, 6) is 0.195. The van der Waals surface area contributed by atoms with E-state index in [1.165, 1.54) is 0 Å². The molecular formula is C27H25ClN2O4. The number of urea groups is 1. The van der Waals surface area contributed by atoms with E-state index in [0.717, 1.165) is 16.7 Å². The summed E-state index contributed by atoms with van der Waals surface area (Å²) in [7, 11) is 1.58. The van der Waals surface area contributed by atoms with Gasteiger partial charge in [0.1, 0.15) is 12.4 Å². The van der Waals surface area contributed by atoms with Gasteiger partial charge in [-0.1, -0.05) is 66.2 Å². The van der Waals surface area contributed by atoms with E-state index in [-0.39, 0.29) is 12.6 Å². The largest absolute Gasteiger partial charge is 0.497 e. The molecular weight excluding hydrogens is 452 g/mol. The Bertz CT molecular complexity index is 1190. The summed E-state index contributed by atoms with van der Waals surface area (Å²) < 4.78 is 10.9. The van der Waals surface area contributed by atoms with Crippen molar-refractivity contribution < 1.29 is 19.1 Å². The number of esters is 1. The molecule has 3 aromatic rings. The Morgan fingerprint density at radius 2 is 1.68 bits per heavy atom.